The van der Waals surface area contributed by atoms with Crippen molar-refractivity contribution in [1.29, 1.82) is 0 Å². The van der Waals surface area contributed by atoms with Crippen LogP contribution in [0.3, 0.4) is 0 Å². The van der Waals surface area contributed by atoms with Gasteiger partial charge in [-0.25, -0.2) is 8.42 Å². The van der Waals surface area contributed by atoms with Crippen molar-refractivity contribution in [3.63, 3.8) is 0 Å². The van der Waals surface area contributed by atoms with Gasteiger partial charge in [-0.1, -0.05) is 19.3 Å². The van der Waals surface area contributed by atoms with E-state index in [1.807, 2.05) is 6.92 Å². The van der Waals surface area contributed by atoms with Gasteiger partial charge in [0.1, 0.15) is 16.4 Å². The third kappa shape index (κ3) is 6.48. The van der Waals surface area contributed by atoms with Crippen molar-refractivity contribution in [2.75, 3.05) is 23.8 Å². The summed E-state index contributed by atoms with van der Waals surface area (Å²) in [5, 5.41) is 6.90. The molecule has 0 aliphatic heterocycles. The second kappa shape index (κ2) is 10.7. The number of anilines is 2. The van der Waals surface area contributed by atoms with E-state index in [1.165, 1.54) is 32.4 Å². The average molecular weight is 464 g/mol. The summed E-state index contributed by atoms with van der Waals surface area (Å²) in [5.74, 6) is 0.920. The molecule has 0 bridgehead atoms. The standard InChI is InChI=1S/C22H29N3O4S2/c1-3-29-19-12-9-17(10-13-19)25-31(26,27)21-15-18(11-14-20(21)28-2)24-22(30)23-16-7-5-4-6-8-16/h9-16,25H,3-8H2,1-2H3,(H2,23,24,30). The van der Waals surface area contributed by atoms with Gasteiger partial charge in [0.25, 0.3) is 10.0 Å². The van der Waals surface area contributed by atoms with Crippen molar-refractivity contribution >= 4 is 38.7 Å². The molecule has 168 valence electrons. The Morgan fingerprint density at radius 1 is 1.06 bits per heavy atom. The maximum absolute atomic E-state index is 13.0. The van der Waals surface area contributed by atoms with Gasteiger partial charge in [0, 0.05) is 17.4 Å². The third-order valence-electron chi connectivity index (χ3n) is 5.07. The minimum atomic E-state index is -3.89. The summed E-state index contributed by atoms with van der Waals surface area (Å²) in [4.78, 5) is 0.0225. The highest BCUT2D eigenvalue weighted by Crippen LogP contribution is 2.29. The summed E-state index contributed by atoms with van der Waals surface area (Å²) in [5.41, 5.74) is 1.000. The van der Waals surface area contributed by atoms with E-state index in [0.717, 1.165) is 12.8 Å². The fourth-order valence-corrected chi connectivity index (χ4v) is 5.10. The molecule has 1 fully saturated rings. The van der Waals surface area contributed by atoms with Gasteiger partial charge < -0.3 is 20.1 Å². The molecule has 1 saturated carbocycles. The van der Waals surface area contributed by atoms with Crippen molar-refractivity contribution in [3.8, 4) is 11.5 Å². The number of nitrogens with one attached hydrogen (secondary N) is 3. The van der Waals surface area contributed by atoms with Gasteiger partial charge in [-0.2, -0.15) is 0 Å². The lowest BCUT2D eigenvalue weighted by Gasteiger charge is -2.24. The van der Waals surface area contributed by atoms with Crippen molar-refractivity contribution in [2.45, 2.75) is 50.0 Å². The maximum atomic E-state index is 13.0. The van der Waals surface area contributed by atoms with E-state index < -0.39 is 10.0 Å². The number of hydrogen-bond acceptors (Lipinski definition) is 5. The smallest absolute Gasteiger partial charge is 0.265 e. The van der Waals surface area contributed by atoms with E-state index in [2.05, 4.69) is 15.4 Å². The van der Waals surface area contributed by atoms with Crippen LogP contribution in [0.5, 0.6) is 11.5 Å². The molecule has 0 aromatic heterocycles. The first kappa shape index (κ1) is 23.1. The Hall–Kier alpha value is -2.52. The summed E-state index contributed by atoms with van der Waals surface area (Å²) < 4.78 is 39.4. The van der Waals surface area contributed by atoms with E-state index in [9.17, 15) is 8.42 Å². The molecule has 9 heteroatoms. The molecule has 1 aliphatic carbocycles. The van der Waals surface area contributed by atoms with Crippen LogP contribution in [0, 0.1) is 0 Å². The van der Waals surface area contributed by atoms with E-state index >= 15 is 0 Å². The Labute approximate surface area is 189 Å². The Balaban J connectivity index is 1.74. The molecule has 7 nitrogen and oxygen atoms in total. The van der Waals surface area contributed by atoms with Gasteiger partial charge in [-0.15, -0.1) is 0 Å². The lowest BCUT2D eigenvalue weighted by molar-refractivity contribution is 0.340. The zero-order chi connectivity index (χ0) is 22.3. The summed E-state index contributed by atoms with van der Waals surface area (Å²) in [6.07, 6.45) is 5.84. The van der Waals surface area contributed by atoms with Gasteiger partial charge in [0.05, 0.1) is 13.7 Å². The zero-order valence-corrected chi connectivity index (χ0v) is 19.4. The Morgan fingerprint density at radius 3 is 2.39 bits per heavy atom. The van der Waals surface area contributed by atoms with Crippen molar-refractivity contribution in [2.24, 2.45) is 0 Å². The van der Waals surface area contributed by atoms with Gasteiger partial charge in [0.15, 0.2) is 5.11 Å². The quantitative estimate of drug-likeness (QED) is 0.496. The van der Waals surface area contributed by atoms with Crippen LogP contribution in [-0.2, 0) is 10.0 Å². The third-order valence-corrected chi connectivity index (χ3v) is 6.69. The molecule has 0 heterocycles. The topological polar surface area (TPSA) is 88.7 Å². The largest absolute Gasteiger partial charge is 0.495 e. The fourth-order valence-electron chi connectivity index (χ4n) is 3.56. The molecular weight excluding hydrogens is 434 g/mol. The number of benzene rings is 2. The number of hydrogen-bond donors (Lipinski definition) is 3. The van der Waals surface area contributed by atoms with Crippen LogP contribution in [-0.4, -0.2) is 33.3 Å². The molecule has 0 spiro atoms. The molecule has 3 N–H and O–H groups in total. The highest BCUT2D eigenvalue weighted by Gasteiger charge is 2.21. The van der Waals surface area contributed by atoms with Crippen LogP contribution in [0.2, 0.25) is 0 Å². The molecule has 0 radical (unpaired) electrons. The monoisotopic (exact) mass is 463 g/mol. The van der Waals surface area contributed by atoms with Gasteiger partial charge in [0.2, 0.25) is 0 Å². The van der Waals surface area contributed by atoms with E-state index in [1.54, 1.807) is 36.4 Å². The molecule has 0 atom stereocenters. The number of thiocarbonyl (C=S) groups is 1. The second-order valence-corrected chi connectivity index (χ2v) is 9.42. The summed E-state index contributed by atoms with van der Waals surface area (Å²) >= 11 is 5.42. The number of ether oxygens (including phenoxy) is 2. The molecule has 0 saturated heterocycles. The highest BCUT2D eigenvalue weighted by molar-refractivity contribution is 7.92. The van der Waals surface area contributed by atoms with Crippen molar-refractivity contribution < 1.29 is 17.9 Å². The van der Waals surface area contributed by atoms with Gasteiger partial charge >= 0.3 is 0 Å². The molecule has 2 aromatic rings. The van der Waals surface area contributed by atoms with E-state index in [0.29, 0.717) is 34.9 Å². The first-order valence-corrected chi connectivity index (χ1v) is 12.3. The lowest BCUT2D eigenvalue weighted by Crippen LogP contribution is -2.38. The molecule has 0 unspecified atom stereocenters. The minimum absolute atomic E-state index is 0.0225. The van der Waals surface area contributed by atoms with Crippen LogP contribution in [0.25, 0.3) is 0 Å². The summed E-state index contributed by atoms with van der Waals surface area (Å²) in [6.45, 7) is 2.43. The predicted octanol–water partition coefficient (Wildman–Crippen LogP) is 4.51. The molecule has 1 aliphatic rings. The van der Waals surface area contributed by atoms with E-state index in [4.69, 9.17) is 21.7 Å². The van der Waals surface area contributed by atoms with Crippen LogP contribution in [0.1, 0.15) is 39.0 Å². The molecule has 0 amide bonds. The molecule has 2 aromatic carbocycles. The minimum Gasteiger partial charge on any atom is -0.495 e. The van der Waals surface area contributed by atoms with Crippen LogP contribution >= 0.6 is 12.2 Å². The van der Waals surface area contributed by atoms with Crippen LogP contribution < -0.4 is 24.8 Å². The van der Waals surface area contributed by atoms with Crippen molar-refractivity contribution in [1.82, 2.24) is 5.32 Å². The molecule has 3 rings (SSSR count). The number of methoxy groups -OCH3 is 1. The lowest BCUT2D eigenvalue weighted by atomic mass is 9.96. The summed E-state index contributed by atoms with van der Waals surface area (Å²) in [6, 6.07) is 12.0. The Kier molecular flexibility index (Phi) is 7.97. The van der Waals surface area contributed by atoms with Gasteiger partial charge in [-0.05, 0) is 74.4 Å². The van der Waals surface area contributed by atoms with Gasteiger partial charge in [-0.3, -0.25) is 4.72 Å². The Morgan fingerprint density at radius 2 is 1.74 bits per heavy atom. The highest BCUT2D eigenvalue weighted by atomic mass is 32.2. The number of rotatable bonds is 8. The van der Waals surface area contributed by atoms with E-state index in [-0.39, 0.29) is 10.6 Å². The number of sulfonamides is 1. The summed E-state index contributed by atoms with van der Waals surface area (Å²) in [7, 11) is -2.45. The van der Waals surface area contributed by atoms with Crippen LogP contribution in [0.15, 0.2) is 47.4 Å². The second-order valence-electron chi connectivity index (χ2n) is 7.36. The molecular formula is C22H29N3O4S2. The molecule has 31 heavy (non-hydrogen) atoms. The normalized spacial score (nSPS) is 14.5. The van der Waals surface area contributed by atoms with Crippen molar-refractivity contribution in [3.05, 3.63) is 42.5 Å². The SMILES string of the molecule is CCOc1ccc(NS(=O)(=O)c2cc(NC(=S)NC3CCCCC3)ccc2OC)cc1. The maximum Gasteiger partial charge on any atom is 0.265 e. The Bertz CT molecular complexity index is 988. The zero-order valence-electron chi connectivity index (χ0n) is 17.8. The average Bonchev–Trinajstić information content (AvgIpc) is 2.76. The fraction of sp³-hybridized carbons (Fsp3) is 0.409. The predicted molar refractivity (Wildman–Crippen MR) is 128 cm³/mol. The first-order valence-electron chi connectivity index (χ1n) is 10.4. The first-order chi connectivity index (χ1) is 14.9. The van der Waals surface area contributed by atoms with Crippen LogP contribution in [0.4, 0.5) is 11.4 Å².